The fourth-order valence-electron chi connectivity index (χ4n) is 1.34. The molecule has 0 atom stereocenters. The van der Waals surface area contributed by atoms with Crippen LogP contribution < -0.4 is 0 Å². The Kier molecular flexibility index (Phi) is 2.14. The Bertz CT molecular complexity index is 487. The van der Waals surface area contributed by atoms with Crippen molar-refractivity contribution in [3.63, 3.8) is 0 Å². The van der Waals surface area contributed by atoms with E-state index in [0.29, 0.717) is 5.69 Å². The first-order valence-corrected chi connectivity index (χ1v) is 4.36. The summed E-state index contributed by atoms with van der Waals surface area (Å²) in [4.78, 5) is 4.32. The van der Waals surface area contributed by atoms with Crippen LogP contribution >= 0.6 is 0 Å². The number of rotatable bonds is 1. The summed E-state index contributed by atoms with van der Waals surface area (Å²) in [6, 6.07) is 11.6. The molecule has 0 radical (unpaired) electrons. The van der Waals surface area contributed by atoms with Gasteiger partial charge in [-0.15, -0.1) is 0 Å². The van der Waals surface area contributed by atoms with Gasteiger partial charge < -0.3 is 5.21 Å². The highest BCUT2D eigenvalue weighted by atomic mass is 16.5. The zero-order chi connectivity index (χ0) is 9.97. The van der Waals surface area contributed by atoms with E-state index in [4.69, 9.17) is 0 Å². The van der Waals surface area contributed by atoms with Gasteiger partial charge in [0, 0.05) is 5.39 Å². The summed E-state index contributed by atoms with van der Waals surface area (Å²) in [6.07, 6.45) is 1.45. The third-order valence-corrected chi connectivity index (χ3v) is 1.93. The lowest BCUT2D eigenvalue weighted by molar-refractivity contribution is -0.416. The smallest absolute Gasteiger partial charge is 0.200 e. The number of para-hydroxylation sites is 1. The summed E-state index contributed by atoms with van der Waals surface area (Å²) in [5, 5.41) is 11.9. The van der Waals surface area contributed by atoms with Gasteiger partial charge in [0.05, 0.1) is 5.52 Å². The van der Waals surface area contributed by atoms with E-state index in [1.54, 1.807) is 0 Å². The van der Waals surface area contributed by atoms with Crippen LogP contribution in [0.2, 0.25) is 0 Å². The Morgan fingerprint density at radius 2 is 2.00 bits per heavy atom. The first-order chi connectivity index (χ1) is 6.75. The van der Waals surface area contributed by atoms with Crippen LogP contribution in [0.4, 0.5) is 0 Å². The Labute approximate surface area is 81.9 Å². The van der Waals surface area contributed by atoms with Crippen LogP contribution in [0.25, 0.3) is 10.9 Å². The molecule has 0 N–H and O–H groups in total. The molecule has 0 bridgehead atoms. The Balaban J connectivity index is 2.57. The minimum Gasteiger partial charge on any atom is -0.624 e. The highest BCUT2D eigenvalue weighted by molar-refractivity contribution is 5.83. The molecule has 0 unspecified atom stereocenters. The van der Waals surface area contributed by atoms with Crippen molar-refractivity contribution in [2.75, 3.05) is 7.05 Å². The highest BCUT2D eigenvalue weighted by Crippen LogP contribution is 2.10. The second-order valence-corrected chi connectivity index (χ2v) is 3.10. The summed E-state index contributed by atoms with van der Waals surface area (Å²) < 4.78 is 0.747. The second kappa shape index (κ2) is 3.46. The van der Waals surface area contributed by atoms with Crippen LogP contribution in [0.15, 0.2) is 36.4 Å². The molecule has 1 aromatic heterocycles. The molecule has 2 aromatic rings. The fraction of sp³-hybridized carbons (Fsp3) is 0.0909. The van der Waals surface area contributed by atoms with Gasteiger partial charge in [0.2, 0.25) is 0 Å². The van der Waals surface area contributed by atoms with Crippen molar-refractivity contribution in [3.05, 3.63) is 47.3 Å². The average molecular weight is 186 g/mol. The number of fused-ring (bicyclic) bond motifs is 1. The molecule has 1 heterocycles. The predicted molar refractivity (Wildman–Crippen MR) is 56.5 cm³/mol. The average Bonchev–Trinajstić information content (AvgIpc) is 2.17. The van der Waals surface area contributed by atoms with Crippen molar-refractivity contribution in [2.45, 2.75) is 0 Å². The molecule has 3 heteroatoms. The minimum atomic E-state index is 0.682. The number of aromatic nitrogens is 1. The summed E-state index contributed by atoms with van der Waals surface area (Å²) in [5.74, 6) is 0. The van der Waals surface area contributed by atoms with Crippen molar-refractivity contribution in [1.82, 2.24) is 4.98 Å². The van der Waals surface area contributed by atoms with Gasteiger partial charge >= 0.3 is 0 Å². The quantitative estimate of drug-likeness (QED) is 0.295. The minimum absolute atomic E-state index is 0.682. The number of hydroxylamine groups is 1. The van der Waals surface area contributed by atoms with E-state index in [2.05, 4.69) is 4.98 Å². The molecule has 0 amide bonds. The zero-order valence-electron chi connectivity index (χ0n) is 7.84. The van der Waals surface area contributed by atoms with Crippen LogP contribution in [0.1, 0.15) is 5.69 Å². The van der Waals surface area contributed by atoms with Crippen LogP contribution in [-0.2, 0) is 0 Å². The topological polar surface area (TPSA) is 39.0 Å². The monoisotopic (exact) mass is 186 g/mol. The summed E-state index contributed by atoms with van der Waals surface area (Å²) in [7, 11) is 1.44. The van der Waals surface area contributed by atoms with E-state index in [-0.39, 0.29) is 0 Å². The van der Waals surface area contributed by atoms with E-state index >= 15 is 0 Å². The number of nitrogens with zero attached hydrogens (tertiary/aromatic N) is 2. The number of hydrogen-bond acceptors (Lipinski definition) is 2. The van der Waals surface area contributed by atoms with Gasteiger partial charge in [-0.25, -0.2) is 9.72 Å². The van der Waals surface area contributed by atoms with Crippen molar-refractivity contribution in [2.24, 2.45) is 0 Å². The molecule has 14 heavy (non-hydrogen) atoms. The normalized spacial score (nSPS) is 11.9. The molecule has 0 saturated heterocycles. The van der Waals surface area contributed by atoms with Crippen molar-refractivity contribution >= 4 is 17.1 Å². The van der Waals surface area contributed by atoms with Gasteiger partial charge in [0.15, 0.2) is 6.21 Å². The lowest BCUT2D eigenvalue weighted by atomic mass is 10.2. The third kappa shape index (κ3) is 1.71. The first kappa shape index (κ1) is 8.69. The maximum Gasteiger partial charge on any atom is 0.200 e. The Morgan fingerprint density at radius 3 is 2.79 bits per heavy atom. The standard InChI is InChI=1S/C11H10N2O/c1-13(14)8-10-7-6-9-4-2-3-5-11(9)12-10/h2-8H,1H3/b13-8+. The molecule has 2 rings (SSSR count). The van der Waals surface area contributed by atoms with Crippen LogP contribution in [-0.4, -0.2) is 23.0 Å². The highest BCUT2D eigenvalue weighted by Gasteiger charge is 1.96. The molecular weight excluding hydrogens is 176 g/mol. The third-order valence-electron chi connectivity index (χ3n) is 1.93. The molecule has 1 aromatic carbocycles. The zero-order valence-corrected chi connectivity index (χ0v) is 7.84. The maximum absolute atomic E-state index is 10.8. The summed E-state index contributed by atoms with van der Waals surface area (Å²) in [5.41, 5.74) is 1.59. The Morgan fingerprint density at radius 1 is 1.21 bits per heavy atom. The van der Waals surface area contributed by atoms with Crippen molar-refractivity contribution in [1.29, 1.82) is 0 Å². The second-order valence-electron chi connectivity index (χ2n) is 3.10. The molecular formula is C11H10N2O. The first-order valence-electron chi connectivity index (χ1n) is 4.36. The largest absolute Gasteiger partial charge is 0.624 e. The van der Waals surface area contributed by atoms with Crippen LogP contribution in [0.3, 0.4) is 0 Å². The Hall–Kier alpha value is -1.90. The van der Waals surface area contributed by atoms with Crippen molar-refractivity contribution in [3.8, 4) is 0 Å². The molecule has 0 fully saturated rings. The maximum atomic E-state index is 10.8. The fourth-order valence-corrected chi connectivity index (χ4v) is 1.34. The number of pyridine rings is 1. The summed E-state index contributed by atoms with van der Waals surface area (Å²) >= 11 is 0. The molecule has 0 spiro atoms. The van der Waals surface area contributed by atoms with E-state index in [1.165, 1.54) is 13.3 Å². The van der Waals surface area contributed by atoms with E-state index in [9.17, 15) is 5.21 Å². The van der Waals surface area contributed by atoms with Gasteiger partial charge in [0.25, 0.3) is 0 Å². The van der Waals surface area contributed by atoms with Crippen LogP contribution in [0.5, 0.6) is 0 Å². The lowest BCUT2D eigenvalue weighted by Gasteiger charge is -1.98. The van der Waals surface area contributed by atoms with Crippen LogP contribution in [0, 0.1) is 5.21 Å². The predicted octanol–water partition coefficient (Wildman–Crippen LogP) is 1.79. The van der Waals surface area contributed by atoms with Gasteiger partial charge in [0.1, 0.15) is 12.7 Å². The number of benzene rings is 1. The lowest BCUT2D eigenvalue weighted by Crippen LogP contribution is -1.99. The number of hydrogen-bond donors (Lipinski definition) is 0. The molecule has 0 saturated carbocycles. The summed E-state index contributed by atoms with van der Waals surface area (Å²) in [6.45, 7) is 0. The van der Waals surface area contributed by atoms with Gasteiger partial charge in [-0.3, -0.25) is 0 Å². The van der Waals surface area contributed by atoms with Gasteiger partial charge in [-0.1, -0.05) is 24.3 Å². The van der Waals surface area contributed by atoms with E-state index in [0.717, 1.165) is 15.6 Å². The van der Waals surface area contributed by atoms with Crippen molar-refractivity contribution < 1.29 is 4.74 Å². The SMILES string of the molecule is C/[N+]([O-])=C\c1ccc2ccccc2n1. The van der Waals surface area contributed by atoms with Gasteiger partial charge in [-0.05, 0) is 12.1 Å². The van der Waals surface area contributed by atoms with Gasteiger partial charge in [-0.2, -0.15) is 0 Å². The molecule has 3 nitrogen and oxygen atoms in total. The molecule has 0 aliphatic rings. The molecule has 0 aliphatic carbocycles. The van der Waals surface area contributed by atoms with E-state index < -0.39 is 0 Å². The molecule has 0 aliphatic heterocycles. The van der Waals surface area contributed by atoms with E-state index in [1.807, 2.05) is 36.4 Å². The molecule has 70 valence electrons.